The zero-order valence-corrected chi connectivity index (χ0v) is 13.5. The van der Waals surface area contributed by atoms with E-state index in [0.717, 1.165) is 17.8 Å². The van der Waals surface area contributed by atoms with Crippen LogP contribution in [0.3, 0.4) is 0 Å². The average molecular weight is 283 g/mol. The fourth-order valence-electron chi connectivity index (χ4n) is 2.70. The molecule has 2 heteroatoms. The van der Waals surface area contributed by atoms with Crippen LogP contribution in [-0.4, -0.2) is 16.7 Å². The molecule has 0 aliphatic heterocycles. The third kappa shape index (κ3) is 3.92. The first-order valence-electron chi connectivity index (χ1n) is 7.68. The molecule has 0 fully saturated rings. The van der Waals surface area contributed by atoms with Crippen LogP contribution in [-0.2, 0) is 12.8 Å². The zero-order chi connectivity index (χ0) is 15.4. The van der Waals surface area contributed by atoms with Crippen molar-refractivity contribution in [1.82, 2.24) is 4.98 Å². The first kappa shape index (κ1) is 15.7. The Labute approximate surface area is 127 Å². The molecule has 2 nitrogen and oxygen atoms in total. The van der Waals surface area contributed by atoms with Gasteiger partial charge >= 0.3 is 0 Å². The summed E-state index contributed by atoms with van der Waals surface area (Å²) in [4.78, 5) is 4.72. The van der Waals surface area contributed by atoms with Crippen LogP contribution in [0.5, 0.6) is 0 Å². The molecular weight excluding hydrogens is 258 g/mol. The summed E-state index contributed by atoms with van der Waals surface area (Å²) in [5.74, 6) is 0.558. The largest absolute Gasteiger partial charge is 0.396 e. The van der Waals surface area contributed by atoms with Crippen LogP contribution in [0.4, 0.5) is 0 Å². The van der Waals surface area contributed by atoms with Gasteiger partial charge in [0.25, 0.3) is 0 Å². The Balaban J connectivity index is 2.57. The van der Waals surface area contributed by atoms with Crippen molar-refractivity contribution in [3.05, 3.63) is 52.8 Å². The highest BCUT2D eigenvalue weighted by atomic mass is 16.2. The van der Waals surface area contributed by atoms with Crippen molar-refractivity contribution in [2.24, 2.45) is 5.92 Å². The molecular formula is C19H25NO. The van der Waals surface area contributed by atoms with Crippen LogP contribution in [0, 0.1) is 19.8 Å². The molecule has 0 saturated heterocycles. The van der Waals surface area contributed by atoms with Crippen molar-refractivity contribution < 1.29 is 5.11 Å². The lowest BCUT2D eigenvalue weighted by Gasteiger charge is -2.16. The minimum Gasteiger partial charge on any atom is -0.396 e. The van der Waals surface area contributed by atoms with Crippen LogP contribution >= 0.6 is 0 Å². The van der Waals surface area contributed by atoms with E-state index < -0.39 is 0 Å². The molecule has 0 aliphatic rings. The number of aliphatic hydroxyl groups excluding tert-OH is 1. The molecule has 0 spiro atoms. The predicted molar refractivity (Wildman–Crippen MR) is 88.5 cm³/mol. The summed E-state index contributed by atoms with van der Waals surface area (Å²) in [5.41, 5.74) is 7.06. The number of nitrogens with zero attached hydrogens (tertiary/aromatic N) is 1. The van der Waals surface area contributed by atoms with Crippen molar-refractivity contribution in [1.29, 1.82) is 0 Å². The molecule has 0 aliphatic carbocycles. The Morgan fingerprint density at radius 1 is 1.10 bits per heavy atom. The first-order valence-corrected chi connectivity index (χ1v) is 7.68. The lowest BCUT2D eigenvalue weighted by atomic mass is 9.92. The van der Waals surface area contributed by atoms with E-state index in [1.807, 2.05) is 6.92 Å². The van der Waals surface area contributed by atoms with Crippen LogP contribution in [0.15, 0.2) is 30.3 Å². The third-order valence-electron chi connectivity index (χ3n) is 3.66. The maximum absolute atomic E-state index is 9.44. The average Bonchev–Trinajstić information content (AvgIpc) is 2.42. The standard InChI is InChI=1S/C19H25NO/c1-13(2)11-19-17(9-10-21)18(12-15(4)20-19)16-7-5-14(3)6-8-16/h5-8,12-13,21H,9-11H2,1-4H3. The lowest BCUT2D eigenvalue weighted by Crippen LogP contribution is -2.08. The van der Waals surface area contributed by atoms with E-state index in [1.54, 1.807) is 0 Å². The van der Waals surface area contributed by atoms with Gasteiger partial charge in [0.2, 0.25) is 0 Å². The van der Waals surface area contributed by atoms with E-state index in [-0.39, 0.29) is 6.61 Å². The number of aryl methyl sites for hydroxylation is 2. The molecule has 0 bridgehead atoms. The molecule has 2 aromatic rings. The molecule has 2 rings (SSSR count). The molecule has 1 aromatic carbocycles. The molecule has 0 atom stereocenters. The van der Waals surface area contributed by atoms with Crippen molar-refractivity contribution in [2.45, 2.75) is 40.5 Å². The Morgan fingerprint density at radius 2 is 1.76 bits per heavy atom. The fraction of sp³-hybridized carbons (Fsp3) is 0.421. The number of aliphatic hydroxyl groups is 1. The SMILES string of the molecule is Cc1ccc(-c2cc(C)nc(CC(C)C)c2CCO)cc1. The molecule has 0 unspecified atom stereocenters. The van der Waals surface area contributed by atoms with Crippen LogP contribution in [0.25, 0.3) is 11.1 Å². The minimum absolute atomic E-state index is 0.161. The van der Waals surface area contributed by atoms with Gasteiger partial charge in [-0.25, -0.2) is 0 Å². The molecule has 21 heavy (non-hydrogen) atoms. The van der Waals surface area contributed by atoms with Gasteiger partial charge in [0.05, 0.1) is 0 Å². The van der Waals surface area contributed by atoms with Crippen molar-refractivity contribution in [2.75, 3.05) is 6.61 Å². The molecule has 1 aromatic heterocycles. The maximum atomic E-state index is 9.44. The van der Waals surface area contributed by atoms with Crippen molar-refractivity contribution in [3.8, 4) is 11.1 Å². The van der Waals surface area contributed by atoms with Crippen molar-refractivity contribution >= 4 is 0 Å². The highest BCUT2D eigenvalue weighted by Gasteiger charge is 2.13. The Kier molecular flexibility index (Phi) is 5.13. The highest BCUT2D eigenvalue weighted by Crippen LogP contribution is 2.28. The number of aromatic nitrogens is 1. The van der Waals surface area contributed by atoms with E-state index >= 15 is 0 Å². The number of hydrogen-bond acceptors (Lipinski definition) is 2. The van der Waals surface area contributed by atoms with Gasteiger partial charge in [0, 0.05) is 18.0 Å². The summed E-state index contributed by atoms with van der Waals surface area (Å²) < 4.78 is 0. The van der Waals surface area contributed by atoms with Gasteiger partial charge in [-0.05, 0) is 55.4 Å². The van der Waals surface area contributed by atoms with Gasteiger partial charge in [-0.1, -0.05) is 43.7 Å². The second-order valence-electron chi connectivity index (χ2n) is 6.17. The van der Waals surface area contributed by atoms with E-state index in [9.17, 15) is 5.11 Å². The van der Waals surface area contributed by atoms with E-state index in [1.165, 1.54) is 22.3 Å². The second-order valence-corrected chi connectivity index (χ2v) is 6.17. The van der Waals surface area contributed by atoms with E-state index in [0.29, 0.717) is 12.3 Å². The van der Waals surface area contributed by atoms with E-state index in [4.69, 9.17) is 4.98 Å². The molecule has 0 amide bonds. The topological polar surface area (TPSA) is 33.1 Å². The summed E-state index contributed by atoms with van der Waals surface area (Å²) in [6.45, 7) is 8.72. The minimum atomic E-state index is 0.161. The predicted octanol–water partition coefficient (Wildman–Crippen LogP) is 4.10. The monoisotopic (exact) mass is 283 g/mol. The Morgan fingerprint density at radius 3 is 2.33 bits per heavy atom. The molecule has 0 radical (unpaired) electrons. The normalized spacial score (nSPS) is 11.1. The van der Waals surface area contributed by atoms with Gasteiger partial charge in [0.1, 0.15) is 0 Å². The number of benzene rings is 1. The second kappa shape index (κ2) is 6.86. The Hall–Kier alpha value is -1.67. The summed E-state index contributed by atoms with van der Waals surface area (Å²) in [6, 6.07) is 10.7. The quantitative estimate of drug-likeness (QED) is 0.896. The Bertz CT molecular complexity index is 600. The fourth-order valence-corrected chi connectivity index (χ4v) is 2.70. The summed E-state index contributed by atoms with van der Waals surface area (Å²) >= 11 is 0. The summed E-state index contributed by atoms with van der Waals surface area (Å²) in [5, 5.41) is 9.44. The number of pyridine rings is 1. The summed E-state index contributed by atoms with van der Waals surface area (Å²) in [7, 11) is 0. The zero-order valence-electron chi connectivity index (χ0n) is 13.5. The van der Waals surface area contributed by atoms with Crippen LogP contribution < -0.4 is 0 Å². The van der Waals surface area contributed by atoms with Gasteiger partial charge in [-0.3, -0.25) is 4.98 Å². The lowest BCUT2D eigenvalue weighted by molar-refractivity contribution is 0.299. The van der Waals surface area contributed by atoms with Crippen LogP contribution in [0.1, 0.15) is 36.4 Å². The molecule has 1 N–H and O–H groups in total. The summed E-state index contributed by atoms with van der Waals surface area (Å²) in [6.07, 6.45) is 1.62. The van der Waals surface area contributed by atoms with Gasteiger partial charge < -0.3 is 5.11 Å². The molecule has 112 valence electrons. The number of rotatable bonds is 5. The smallest absolute Gasteiger partial charge is 0.0472 e. The highest BCUT2D eigenvalue weighted by molar-refractivity contribution is 5.69. The van der Waals surface area contributed by atoms with Crippen LogP contribution in [0.2, 0.25) is 0 Å². The van der Waals surface area contributed by atoms with Gasteiger partial charge in [-0.15, -0.1) is 0 Å². The van der Waals surface area contributed by atoms with Crippen molar-refractivity contribution in [3.63, 3.8) is 0 Å². The molecule has 1 heterocycles. The van der Waals surface area contributed by atoms with E-state index in [2.05, 4.69) is 51.1 Å². The third-order valence-corrected chi connectivity index (χ3v) is 3.66. The molecule has 0 saturated carbocycles. The first-order chi connectivity index (χ1) is 10.0. The van der Waals surface area contributed by atoms with Gasteiger partial charge in [-0.2, -0.15) is 0 Å². The van der Waals surface area contributed by atoms with Gasteiger partial charge in [0.15, 0.2) is 0 Å². The maximum Gasteiger partial charge on any atom is 0.0472 e. The number of hydrogen-bond donors (Lipinski definition) is 1.